The number of aromatic amines is 1. The first-order valence-corrected chi connectivity index (χ1v) is 10.2. The smallest absolute Gasteiger partial charge is 0.407 e. The number of hydrogen-bond donors (Lipinski definition) is 2. The van der Waals surface area contributed by atoms with Gasteiger partial charge >= 0.3 is 6.09 Å². The van der Waals surface area contributed by atoms with Crippen molar-refractivity contribution in [2.45, 2.75) is 20.5 Å². The van der Waals surface area contributed by atoms with Gasteiger partial charge in [-0.15, -0.1) is 0 Å². The standard InChI is InChI=1S/C25H23N3O4/c1-16-12-17(2)27-21(16)13-20-19-10-6-7-11-22(19)28(24(20)30)23(29)14-26-25(31)32-15-18-8-4-3-5-9-18/h3-13,27H,14-15H2,1-2H3,(H,26,31). The van der Waals surface area contributed by atoms with Gasteiger partial charge in [0.05, 0.1) is 11.3 Å². The first kappa shape index (κ1) is 21.1. The number of anilines is 1. The van der Waals surface area contributed by atoms with Gasteiger partial charge in [-0.1, -0.05) is 48.5 Å². The molecule has 0 saturated heterocycles. The topological polar surface area (TPSA) is 91.5 Å². The zero-order chi connectivity index (χ0) is 22.7. The van der Waals surface area contributed by atoms with E-state index in [-0.39, 0.29) is 13.2 Å². The molecule has 7 heteroatoms. The highest BCUT2D eigenvalue weighted by Gasteiger charge is 2.36. The summed E-state index contributed by atoms with van der Waals surface area (Å²) in [6.07, 6.45) is 1.04. The van der Waals surface area contributed by atoms with E-state index in [2.05, 4.69) is 10.3 Å². The molecule has 3 aromatic rings. The molecule has 2 N–H and O–H groups in total. The summed E-state index contributed by atoms with van der Waals surface area (Å²) in [4.78, 5) is 42.4. The van der Waals surface area contributed by atoms with Crippen molar-refractivity contribution in [1.82, 2.24) is 10.3 Å². The molecule has 0 aliphatic carbocycles. The Morgan fingerprint density at radius 2 is 1.78 bits per heavy atom. The predicted octanol–water partition coefficient (Wildman–Crippen LogP) is 3.97. The Bertz CT molecular complexity index is 1210. The molecule has 0 radical (unpaired) electrons. The van der Waals surface area contributed by atoms with Crippen molar-refractivity contribution >= 4 is 35.2 Å². The summed E-state index contributed by atoms with van der Waals surface area (Å²) in [6.45, 7) is 3.63. The molecule has 2 heterocycles. The van der Waals surface area contributed by atoms with Gasteiger partial charge in [0, 0.05) is 17.0 Å². The van der Waals surface area contributed by atoms with Crippen LogP contribution in [0, 0.1) is 13.8 Å². The van der Waals surface area contributed by atoms with Crippen molar-refractivity contribution in [3.8, 4) is 0 Å². The summed E-state index contributed by atoms with van der Waals surface area (Å²) in [5, 5.41) is 2.43. The van der Waals surface area contributed by atoms with E-state index in [9.17, 15) is 14.4 Å². The summed E-state index contributed by atoms with van der Waals surface area (Å²) in [7, 11) is 0. The third kappa shape index (κ3) is 4.32. The van der Waals surface area contributed by atoms with Gasteiger partial charge in [0.15, 0.2) is 0 Å². The molecule has 1 aliphatic heterocycles. The minimum atomic E-state index is -0.726. The Kier molecular flexibility index (Phi) is 5.89. The number of rotatable bonds is 5. The first-order chi connectivity index (χ1) is 15.4. The molecule has 0 atom stereocenters. The summed E-state index contributed by atoms with van der Waals surface area (Å²) >= 11 is 0. The highest BCUT2D eigenvalue weighted by Crippen LogP contribution is 2.37. The number of ether oxygens (including phenoxy) is 1. The average Bonchev–Trinajstić information content (AvgIpc) is 3.26. The normalized spacial score (nSPS) is 13.9. The molecule has 32 heavy (non-hydrogen) atoms. The summed E-state index contributed by atoms with van der Waals surface area (Å²) in [6, 6.07) is 18.3. The van der Waals surface area contributed by atoms with Gasteiger partial charge in [0.1, 0.15) is 13.2 Å². The van der Waals surface area contributed by atoms with Gasteiger partial charge in [0.25, 0.3) is 11.8 Å². The fourth-order valence-electron chi connectivity index (χ4n) is 3.67. The molecule has 1 aromatic heterocycles. The average molecular weight is 429 g/mol. The van der Waals surface area contributed by atoms with Crippen molar-refractivity contribution in [2.24, 2.45) is 0 Å². The number of hydrogen-bond acceptors (Lipinski definition) is 4. The molecule has 0 spiro atoms. The van der Waals surface area contributed by atoms with Gasteiger partial charge in [-0.25, -0.2) is 9.69 Å². The van der Waals surface area contributed by atoms with Gasteiger partial charge in [-0.3, -0.25) is 9.59 Å². The van der Waals surface area contributed by atoms with E-state index < -0.39 is 17.9 Å². The monoisotopic (exact) mass is 429 g/mol. The largest absolute Gasteiger partial charge is 0.445 e. The lowest BCUT2D eigenvalue weighted by atomic mass is 10.1. The number of nitrogens with one attached hydrogen (secondary N) is 2. The molecule has 3 amide bonds. The van der Waals surface area contributed by atoms with Crippen molar-refractivity contribution in [2.75, 3.05) is 11.4 Å². The summed E-state index contributed by atoms with van der Waals surface area (Å²) in [5.74, 6) is -0.968. The zero-order valence-electron chi connectivity index (χ0n) is 17.8. The number of carbonyl (C=O) groups excluding carboxylic acids is 3. The predicted molar refractivity (Wildman–Crippen MR) is 122 cm³/mol. The first-order valence-electron chi connectivity index (χ1n) is 10.2. The second-order valence-corrected chi connectivity index (χ2v) is 7.57. The molecule has 7 nitrogen and oxygen atoms in total. The van der Waals surface area contributed by atoms with Crippen LogP contribution < -0.4 is 10.2 Å². The molecule has 162 valence electrons. The molecule has 0 saturated carbocycles. The van der Waals surface area contributed by atoms with E-state index in [1.165, 1.54) is 0 Å². The lowest BCUT2D eigenvalue weighted by Gasteiger charge is -2.15. The zero-order valence-corrected chi connectivity index (χ0v) is 17.8. The molecule has 1 aliphatic rings. The van der Waals surface area contributed by atoms with Crippen LogP contribution in [0.4, 0.5) is 10.5 Å². The lowest BCUT2D eigenvalue weighted by Crippen LogP contribution is -2.41. The van der Waals surface area contributed by atoms with E-state index in [1.54, 1.807) is 24.3 Å². The van der Waals surface area contributed by atoms with Crippen molar-refractivity contribution < 1.29 is 19.1 Å². The maximum atomic E-state index is 13.2. The second kappa shape index (κ2) is 8.93. The number of amides is 3. The number of H-pyrrole nitrogens is 1. The Morgan fingerprint density at radius 3 is 2.50 bits per heavy atom. The van der Waals surface area contributed by atoms with Crippen LogP contribution in [0.5, 0.6) is 0 Å². The Labute approximate surface area is 185 Å². The van der Waals surface area contributed by atoms with Crippen LogP contribution >= 0.6 is 0 Å². The highest BCUT2D eigenvalue weighted by molar-refractivity contribution is 6.42. The number of imide groups is 1. The third-order valence-corrected chi connectivity index (χ3v) is 5.19. The number of benzene rings is 2. The lowest BCUT2D eigenvalue weighted by molar-refractivity contribution is -0.123. The Morgan fingerprint density at radius 1 is 1.06 bits per heavy atom. The van der Waals surface area contributed by atoms with Gasteiger partial charge in [-0.05, 0) is 43.2 Å². The van der Waals surface area contributed by atoms with Crippen LogP contribution in [0.3, 0.4) is 0 Å². The summed E-state index contributed by atoms with van der Waals surface area (Å²) in [5.41, 5.74) is 5.23. The molecule has 4 rings (SSSR count). The number of aromatic nitrogens is 1. The van der Waals surface area contributed by atoms with Crippen molar-refractivity contribution in [1.29, 1.82) is 0 Å². The molecule has 0 unspecified atom stereocenters. The second-order valence-electron chi connectivity index (χ2n) is 7.57. The number of para-hydroxylation sites is 1. The number of aryl methyl sites for hydroxylation is 2. The Hall–Kier alpha value is -4.13. The van der Waals surface area contributed by atoms with E-state index >= 15 is 0 Å². The Balaban J connectivity index is 1.47. The SMILES string of the molecule is Cc1cc(C)c(C=C2C(=O)N(C(=O)CNC(=O)OCc3ccccc3)c3ccccc32)[nH]1. The molecular weight excluding hydrogens is 406 g/mol. The number of carbonyl (C=O) groups is 3. The van der Waals surface area contributed by atoms with Gasteiger partial charge < -0.3 is 15.0 Å². The van der Waals surface area contributed by atoms with Crippen LogP contribution in [0.1, 0.15) is 28.1 Å². The van der Waals surface area contributed by atoms with Gasteiger partial charge in [0.2, 0.25) is 0 Å². The number of nitrogens with zero attached hydrogens (tertiary/aromatic N) is 1. The molecular formula is C25H23N3O4. The quantitative estimate of drug-likeness (QED) is 0.601. The van der Waals surface area contributed by atoms with Crippen LogP contribution in [0.2, 0.25) is 0 Å². The number of fused-ring (bicyclic) bond motifs is 1. The van der Waals surface area contributed by atoms with Crippen LogP contribution in [0.15, 0.2) is 60.7 Å². The maximum absolute atomic E-state index is 13.2. The molecule has 2 aromatic carbocycles. The van der Waals surface area contributed by atoms with E-state index in [1.807, 2.05) is 56.3 Å². The minimum Gasteiger partial charge on any atom is -0.445 e. The van der Waals surface area contributed by atoms with Gasteiger partial charge in [-0.2, -0.15) is 0 Å². The third-order valence-electron chi connectivity index (χ3n) is 5.19. The van der Waals surface area contributed by atoms with Crippen molar-refractivity contribution in [3.63, 3.8) is 0 Å². The summed E-state index contributed by atoms with van der Waals surface area (Å²) < 4.78 is 5.13. The fourth-order valence-corrected chi connectivity index (χ4v) is 3.67. The minimum absolute atomic E-state index is 0.0914. The van der Waals surface area contributed by atoms with Crippen LogP contribution in [-0.2, 0) is 20.9 Å². The highest BCUT2D eigenvalue weighted by atomic mass is 16.5. The van der Waals surface area contributed by atoms with E-state index in [4.69, 9.17) is 4.74 Å². The van der Waals surface area contributed by atoms with Crippen molar-refractivity contribution in [3.05, 3.63) is 88.7 Å². The molecule has 0 bridgehead atoms. The van der Waals surface area contributed by atoms with Crippen LogP contribution in [-0.4, -0.2) is 29.4 Å². The maximum Gasteiger partial charge on any atom is 0.407 e. The number of alkyl carbamates (subject to hydrolysis) is 1. The molecule has 0 fully saturated rings. The van der Waals surface area contributed by atoms with E-state index in [0.29, 0.717) is 16.8 Å². The fraction of sp³-hybridized carbons (Fsp3) is 0.160. The van der Waals surface area contributed by atoms with E-state index in [0.717, 1.165) is 27.4 Å². The van der Waals surface area contributed by atoms with Crippen LogP contribution in [0.25, 0.3) is 11.6 Å².